The van der Waals surface area contributed by atoms with E-state index in [0.29, 0.717) is 36.3 Å². The summed E-state index contributed by atoms with van der Waals surface area (Å²) in [5.41, 5.74) is 1.17. The van der Waals surface area contributed by atoms with Crippen LogP contribution in [0.5, 0.6) is 5.75 Å². The van der Waals surface area contributed by atoms with Crippen molar-refractivity contribution >= 4 is 50.9 Å². The van der Waals surface area contributed by atoms with Gasteiger partial charge in [0.1, 0.15) is 18.3 Å². The van der Waals surface area contributed by atoms with E-state index in [1.807, 2.05) is 18.2 Å². The van der Waals surface area contributed by atoms with Gasteiger partial charge in [-0.2, -0.15) is 0 Å². The Hall–Kier alpha value is -2.38. The minimum Gasteiger partial charge on any atom is -0.497 e. The Morgan fingerprint density at radius 2 is 1.59 bits per heavy atom. The van der Waals surface area contributed by atoms with Crippen molar-refractivity contribution in [2.75, 3.05) is 12.4 Å². The Morgan fingerprint density at radius 1 is 0.919 bits per heavy atom. The number of hydrogen-bond donors (Lipinski definition) is 1. The molecule has 2 aromatic rings. The number of nitrogens with one attached hydrogen (secondary N) is 1. The Kier molecular flexibility index (Phi) is 14.3. The van der Waals surface area contributed by atoms with E-state index >= 15 is 0 Å². The normalized spacial score (nSPS) is 13.3. The van der Waals surface area contributed by atoms with E-state index in [0.717, 1.165) is 25.7 Å². The first-order valence-electron chi connectivity index (χ1n) is 12.8. The molecule has 37 heavy (non-hydrogen) atoms. The molecule has 3 unspecified atom stereocenters. The number of ether oxygens (including phenoxy) is 2. The van der Waals surface area contributed by atoms with Gasteiger partial charge in [0.2, 0.25) is 5.91 Å². The summed E-state index contributed by atoms with van der Waals surface area (Å²) in [6.07, 6.45) is 6.38. The summed E-state index contributed by atoms with van der Waals surface area (Å²) >= 11 is 10.0. The van der Waals surface area contributed by atoms with Crippen molar-refractivity contribution < 1.29 is 23.9 Å². The number of Topliss-reactive ketones (excluding diaryl/α,β-unsaturated/α-hetero) is 1. The van der Waals surface area contributed by atoms with Crippen molar-refractivity contribution in [1.82, 2.24) is 0 Å². The van der Waals surface area contributed by atoms with Crippen LogP contribution >= 0.6 is 27.5 Å². The second-order valence-electron chi connectivity index (χ2n) is 8.99. The van der Waals surface area contributed by atoms with Crippen molar-refractivity contribution in [3.63, 3.8) is 0 Å². The zero-order valence-corrected chi connectivity index (χ0v) is 23.9. The fourth-order valence-electron chi connectivity index (χ4n) is 3.89. The van der Waals surface area contributed by atoms with Gasteiger partial charge >= 0.3 is 5.97 Å². The molecule has 1 N–H and O–H groups in total. The third-order valence-corrected chi connectivity index (χ3v) is 7.83. The number of hydrogen-bond acceptors (Lipinski definition) is 5. The van der Waals surface area contributed by atoms with Gasteiger partial charge in [0, 0.05) is 11.3 Å². The Labute approximate surface area is 233 Å². The monoisotopic (exact) mass is 593 g/mol. The molecule has 0 radical (unpaired) electrons. The lowest BCUT2D eigenvalue weighted by Gasteiger charge is -2.21. The smallest absolute Gasteiger partial charge is 0.315 e. The van der Waals surface area contributed by atoms with Crippen LogP contribution in [0.4, 0.5) is 5.69 Å². The van der Waals surface area contributed by atoms with E-state index in [-0.39, 0.29) is 18.3 Å². The van der Waals surface area contributed by atoms with E-state index in [1.54, 1.807) is 43.5 Å². The van der Waals surface area contributed by atoms with E-state index in [9.17, 15) is 14.4 Å². The molecule has 0 saturated heterocycles. The Balaban J connectivity index is 1.90. The van der Waals surface area contributed by atoms with Crippen LogP contribution in [0.1, 0.15) is 75.1 Å². The first-order valence-corrected chi connectivity index (χ1v) is 14.2. The third kappa shape index (κ3) is 11.7. The summed E-state index contributed by atoms with van der Waals surface area (Å²) in [6, 6.07) is 15.9. The zero-order valence-electron chi connectivity index (χ0n) is 21.6. The number of ketones is 1. The SMILES string of the molecule is CCCCCCCC(CCC(Cl)C(Br)C(=O)c1ccc(OC)cc1)OC(=O)CC(=O)Nc1ccccc1. The van der Waals surface area contributed by atoms with Crippen LogP contribution in [0, 0.1) is 0 Å². The molecular formula is C29H37BrClNO5. The molecule has 1 amide bonds. The Bertz CT molecular complexity index is 970. The van der Waals surface area contributed by atoms with Gasteiger partial charge in [-0.1, -0.05) is 66.7 Å². The molecule has 0 aliphatic rings. The number of amides is 1. The van der Waals surface area contributed by atoms with E-state index < -0.39 is 22.1 Å². The molecule has 202 valence electrons. The number of benzene rings is 2. The van der Waals surface area contributed by atoms with Crippen LogP contribution in [0.15, 0.2) is 54.6 Å². The third-order valence-electron chi connectivity index (χ3n) is 6.00. The van der Waals surface area contributed by atoms with Gasteiger partial charge in [-0.25, -0.2) is 0 Å². The van der Waals surface area contributed by atoms with Crippen LogP contribution < -0.4 is 10.1 Å². The van der Waals surface area contributed by atoms with Crippen molar-refractivity contribution in [3.05, 3.63) is 60.2 Å². The van der Waals surface area contributed by atoms with E-state index in [2.05, 4.69) is 28.2 Å². The molecule has 0 aromatic heterocycles. The van der Waals surface area contributed by atoms with Crippen molar-refractivity contribution in [2.24, 2.45) is 0 Å². The maximum Gasteiger partial charge on any atom is 0.315 e. The highest BCUT2D eigenvalue weighted by atomic mass is 79.9. The van der Waals surface area contributed by atoms with E-state index in [4.69, 9.17) is 21.1 Å². The largest absolute Gasteiger partial charge is 0.497 e. The molecule has 8 heteroatoms. The summed E-state index contributed by atoms with van der Waals surface area (Å²) in [5, 5.41) is 2.21. The van der Waals surface area contributed by atoms with Gasteiger partial charge < -0.3 is 14.8 Å². The summed E-state index contributed by atoms with van der Waals surface area (Å²) in [5.74, 6) is -0.430. The molecule has 0 saturated carbocycles. The van der Waals surface area contributed by atoms with Crippen LogP contribution in [-0.4, -0.2) is 41.1 Å². The summed E-state index contributed by atoms with van der Waals surface area (Å²) in [6.45, 7) is 2.16. The molecule has 0 aliphatic heterocycles. The van der Waals surface area contributed by atoms with Gasteiger partial charge in [-0.05, 0) is 62.1 Å². The van der Waals surface area contributed by atoms with E-state index in [1.165, 1.54) is 6.42 Å². The molecule has 0 heterocycles. The number of anilines is 1. The maximum atomic E-state index is 12.8. The van der Waals surface area contributed by atoms with Crippen molar-refractivity contribution in [1.29, 1.82) is 0 Å². The molecule has 0 aliphatic carbocycles. The van der Waals surface area contributed by atoms with Crippen LogP contribution in [0.2, 0.25) is 0 Å². The molecular weight excluding hydrogens is 558 g/mol. The minimum atomic E-state index is -0.583. The molecule has 2 aromatic carbocycles. The number of esters is 1. The molecule has 0 fully saturated rings. The predicted molar refractivity (Wildman–Crippen MR) is 152 cm³/mol. The number of methoxy groups -OCH3 is 1. The standard InChI is InChI=1S/C29H37BrClNO5/c1-3-4-5-6-10-13-24(37-27(34)20-26(33)32-22-11-8-7-9-12-22)18-19-25(31)28(30)29(35)21-14-16-23(36-2)17-15-21/h7-9,11-12,14-17,24-25,28H,3-6,10,13,18-20H2,1-2H3,(H,32,33). The number of para-hydroxylation sites is 1. The molecule has 2 rings (SSSR count). The fourth-order valence-corrected chi connectivity index (χ4v) is 4.66. The predicted octanol–water partition coefficient (Wildman–Crippen LogP) is 7.33. The second kappa shape index (κ2) is 17.2. The highest BCUT2D eigenvalue weighted by Crippen LogP contribution is 2.25. The lowest BCUT2D eigenvalue weighted by atomic mass is 10.00. The van der Waals surface area contributed by atoms with Crippen molar-refractivity contribution in [2.45, 2.75) is 81.0 Å². The van der Waals surface area contributed by atoms with Gasteiger partial charge in [0.15, 0.2) is 5.78 Å². The first-order chi connectivity index (χ1) is 17.8. The summed E-state index contributed by atoms with van der Waals surface area (Å²) < 4.78 is 10.8. The molecule has 0 spiro atoms. The van der Waals surface area contributed by atoms with Crippen LogP contribution in [0.25, 0.3) is 0 Å². The van der Waals surface area contributed by atoms with Gasteiger partial charge in [0.05, 0.1) is 17.3 Å². The number of halogens is 2. The average Bonchev–Trinajstić information content (AvgIpc) is 2.90. The lowest BCUT2D eigenvalue weighted by Crippen LogP contribution is -2.28. The quantitative estimate of drug-likeness (QED) is 0.0682. The molecule has 0 bridgehead atoms. The number of carbonyl (C=O) groups is 3. The number of unbranched alkanes of at least 4 members (excludes halogenated alkanes) is 4. The molecule has 3 atom stereocenters. The fraction of sp³-hybridized carbons (Fsp3) is 0.483. The van der Waals surface area contributed by atoms with Gasteiger partial charge in [-0.3, -0.25) is 14.4 Å². The number of alkyl halides is 2. The van der Waals surface area contributed by atoms with Crippen molar-refractivity contribution in [3.8, 4) is 5.75 Å². The number of carbonyl (C=O) groups excluding carboxylic acids is 3. The second-order valence-corrected chi connectivity index (χ2v) is 10.5. The lowest BCUT2D eigenvalue weighted by molar-refractivity contribution is -0.151. The minimum absolute atomic E-state index is 0.117. The van der Waals surface area contributed by atoms with Gasteiger partial charge in [-0.15, -0.1) is 11.6 Å². The zero-order chi connectivity index (χ0) is 27.0. The maximum absolute atomic E-state index is 12.8. The first kappa shape index (κ1) is 30.8. The molecule has 6 nitrogen and oxygen atoms in total. The van der Waals surface area contributed by atoms with Crippen LogP contribution in [-0.2, 0) is 14.3 Å². The van der Waals surface area contributed by atoms with Gasteiger partial charge in [0.25, 0.3) is 0 Å². The highest BCUT2D eigenvalue weighted by Gasteiger charge is 2.27. The average molecular weight is 595 g/mol. The van der Waals surface area contributed by atoms with Crippen LogP contribution in [0.3, 0.4) is 0 Å². The number of rotatable bonds is 17. The summed E-state index contributed by atoms with van der Waals surface area (Å²) in [7, 11) is 1.57. The Morgan fingerprint density at radius 3 is 2.24 bits per heavy atom. The topological polar surface area (TPSA) is 81.7 Å². The highest BCUT2D eigenvalue weighted by molar-refractivity contribution is 9.10. The summed E-state index contributed by atoms with van der Waals surface area (Å²) in [4.78, 5) is 37.0.